The molecule has 26 heavy (non-hydrogen) atoms. The summed E-state index contributed by atoms with van der Waals surface area (Å²) in [7, 11) is 0. The van der Waals surface area contributed by atoms with Gasteiger partial charge in [-0.25, -0.2) is 0 Å². The van der Waals surface area contributed by atoms with Crippen molar-refractivity contribution in [2.45, 2.75) is 44.7 Å². The molecule has 2 aromatic heterocycles. The van der Waals surface area contributed by atoms with E-state index in [1.165, 1.54) is 19.3 Å². The van der Waals surface area contributed by atoms with Crippen LogP contribution in [0.2, 0.25) is 0 Å². The molecule has 4 nitrogen and oxygen atoms in total. The van der Waals surface area contributed by atoms with E-state index in [1.54, 1.807) is 12.4 Å². The molecule has 4 rings (SSSR count). The molecule has 1 aromatic carbocycles. The van der Waals surface area contributed by atoms with Crippen LogP contribution >= 0.6 is 0 Å². The molecule has 132 valence electrons. The first-order valence-electron chi connectivity index (χ1n) is 9.37. The van der Waals surface area contributed by atoms with Gasteiger partial charge in [0.15, 0.2) is 0 Å². The summed E-state index contributed by atoms with van der Waals surface area (Å²) in [6.45, 7) is 0.537. The average molecular weight is 345 g/mol. The Morgan fingerprint density at radius 2 is 1.73 bits per heavy atom. The van der Waals surface area contributed by atoms with Crippen molar-refractivity contribution in [1.82, 2.24) is 14.9 Å². The summed E-state index contributed by atoms with van der Waals surface area (Å²) in [5.74, 6) is 0.0133. The highest BCUT2D eigenvalue weighted by molar-refractivity contribution is 6.05. The Morgan fingerprint density at radius 3 is 2.54 bits per heavy atom. The van der Waals surface area contributed by atoms with Crippen molar-refractivity contribution in [3.63, 3.8) is 0 Å². The maximum absolute atomic E-state index is 13.5. The molecule has 1 fully saturated rings. The van der Waals surface area contributed by atoms with Gasteiger partial charge in [0.25, 0.3) is 5.91 Å². The number of fused-ring (bicyclic) bond motifs is 1. The van der Waals surface area contributed by atoms with Gasteiger partial charge in [-0.1, -0.05) is 49.6 Å². The lowest BCUT2D eigenvalue weighted by Gasteiger charge is -2.34. The highest BCUT2D eigenvalue weighted by Crippen LogP contribution is 2.27. The summed E-state index contributed by atoms with van der Waals surface area (Å²) in [6, 6.07) is 16.0. The Hall–Kier alpha value is -2.75. The minimum atomic E-state index is 0.0133. The van der Waals surface area contributed by atoms with Gasteiger partial charge >= 0.3 is 0 Å². The van der Waals surface area contributed by atoms with Gasteiger partial charge in [0, 0.05) is 23.8 Å². The summed E-state index contributed by atoms with van der Waals surface area (Å²) in [5.41, 5.74) is 1.47. The molecule has 1 amide bonds. The molecule has 0 bridgehead atoms. The number of benzene rings is 1. The molecule has 1 aliphatic rings. The molecular formula is C22H23N3O. The number of nitrogens with zero attached hydrogens (tertiary/aromatic N) is 3. The van der Waals surface area contributed by atoms with E-state index in [0.717, 1.165) is 29.3 Å². The first-order valence-corrected chi connectivity index (χ1v) is 9.37. The van der Waals surface area contributed by atoms with Crippen LogP contribution in [0.1, 0.15) is 48.3 Å². The normalized spacial score (nSPS) is 15.1. The second-order valence-corrected chi connectivity index (χ2v) is 6.93. The second-order valence-electron chi connectivity index (χ2n) is 6.93. The number of hydrogen-bond donors (Lipinski definition) is 0. The third-order valence-electron chi connectivity index (χ3n) is 5.21. The highest BCUT2D eigenvalue weighted by atomic mass is 16.2. The Balaban J connectivity index is 1.71. The van der Waals surface area contributed by atoms with Crippen molar-refractivity contribution in [2.75, 3.05) is 0 Å². The van der Waals surface area contributed by atoms with Gasteiger partial charge in [0.1, 0.15) is 5.69 Å². The molecule has 2 heterocycles. The molecule has 4 heteroatoms. The van der Waals surface area contributed by atoms with Crippen molar-refractivity contribution >= 4 is 16.7 Å². The summed E-state index contributed by atoms with van der Waals surface area (Å²) >= 11 is 0. The lowest BCUT2D eigenvalue weighted by Crippen LogP contribution is -2.41. The highest BCUT2D eigenvalue weighted by Gasteiger charge is 2.28. The van der Waals surface area contributed by atoms with Gasteiger partial charge in [0.05, 0.1) is 12.2 Å². The lowest BCUT2D eigenvalue weighted by atomic mass is 9.93. The van der Waals surface area contributed by atoms with Crippen molar-refractivity contribution in [2.24, 2.45) is 0 Å². The van der Waals surface area contributed by atoms with Gasteiger partial charge in [-0.05, 0) is 36.4 Å². The number of rotatable bonds is 4. The van der Waals surface area contributed by atoms with Crippen molar-refractivity contribution in [1.29, 1.82) is 0 Å². The van der Waals surface area contributed by atoms with Crippen LogP contribution in [-0.4, -0.2) is 26.8 Å². The van der Waals surface area contributed by atoms with Crippen LogP contribution in [0.15, 0.2) is 60.9 Å². The fraction of sp³-hybridized carbons (Fsp3) is 0.318. The zero-order valence-electron chi connectivity index (χ0n) is 14.8. The number of carbonyl (C=O) groups excluding carboxylic acids is 1. The number of amides is 1. The molecular weight excluding hydrogens is 322 g/mol. The molecule has 0 spiro atoms. The third kappa shape index (κ3) is 3.45. The van der Waals surface area contributed by atoms with E-state index >= 15 is 0 Å². The Labute approximate surface area is 153 Å². The van der Waals surface area contributed by atoms with Crippen molar-refractivity contribution in [3.05, 3.63) is 72.3 Å². The Kier molecular flexibility index (Phi) is 4.91. The molecule has 0 aliphatic heterocycles. The SMILES string of the molecule is O=C(c1nccc2ccccc12)N(Cc1ccccn1)C1CCCCC1. The van der Waals surface area contributed by atoms with E-state index in [1.807, 2.05) is 53.4 Å². The van der Waals surface area contributed by atoms with Gasteiger partial charge in [-0.3, -0.25) is 14.8 Å². The van der Waals surface area contributed by atoms with E-state index < -0.39 is 0 Å². The maximum atomic E-state index is 13.5. The molecule has 0 N–H and O–H groups in total. The number of aromatic nitrogens is 2. The molecule has 1 saturated carbocycles. The van der Waals surface area contributed by atoms with E-state index in [9.17, 15) is 4.79 Å². The number of carbonyl (C=O) groups is 1. The smallest absolute Gasteiger partial charge is 0.273 e. The van der Waals surface area contributed by atoms with Crippen LogP contribution in [0, 0.1) is 0 Å². The third-order valence-corrected chi connectivity index (χ3v) is 5.21. The first kappa shape index (κ1) is 16.7. The van der Waals surface area contributed by atoms with E-state index in [-0.39, 0.29) is 11.9 Å². The Morgan fingerprint density at radius 1 is 0.923 bits per heavy atom. The molecule has 0 atom stereocenters. The largest absolute Gasteiger partial charge is 0.328 e. The van der Waals surface area contributed by atoms with Crippen LogP contribution in [0.25, 0.3) is 10.8 Å². The van der Waals surface area contributed by atoms with Crippen LogP contribution in [0.5, 0.6) is 0 Å². The molecule has 0 radical (unpaired) electrons. The lowest BCUT2D eigenvalue weighted by molar-refractivity contribution is 0.0607. The van der Waals surface area contributed by atoms with E-state index in [4.69, 9.17) is 0 Å². The van der Waals surface area contributed by atoms with Crippen LogP contribution < -0.4 is 0 Å². The van der Waals surface area contributed by atoms with Gasteiger partial charge in [0.2, 0.25) is 0 Å². The average Bonchev–Trinajstić information content (AvgIpc) is 2.72. The summed E-state index contributed by atoms with van der Waals surface area (Å²) in [4.78, 5) is 24.4. The van der Waals surface area contributed by atoms with Gasteiger partial charge in [-0.2, -0.15) is 0 Å². The van der Waals surface area contributed by atoms with Crippen LogP contribution in [-0.2, 0) is 6.54 Å². The molecule has 0 unspecified atom stereocenters. The zero-order chi connectivity index (χ0) is 17.8. The summed E-state index contributed by atoms with van der Waals surface area (Å²) < 4.78 is 0. The molecule has 3 aromatic rings. The summed E-state index contributed by atoms with van der Waals surface area (Å²) in [5, 5.41) is 1.97. The predicted octanol–water partition coefficient (Wildman–Crippen LogP) is 4.60. The first-order chi connectivity index (χ1) is 12.8. The fourth-order valence-corrected chi connectivity index (χ4v) is 3.85. The molecule has 0 saturated heterocycles. The zero-order valence-corrected chi connectivity index (χ0v) is 14.8. The molecule has 1 aliphatic carbocycles. The number of pyridine rings is 2. The van der Waals surface area contributed by atoms with Gasteiger partial charge < -0.3 is 4.90 Å². The fourth-order valence-electron chi connectivity index (χ4n) is 3.85. The van der Waals surface area contributed by atoms with Crippen LogP contribution in [0.3, 0.4) is 0 Å². The predicted molar refractivity (Wildman–Crippen MR) is 103 cm³/mol. The quantitative estimate of drug-likeness (QED) is 0.694. The number of hydrogen-bond acceptors (Lipinski definition) is 3. The topological polar surface area (TPSA) is 46.1 Å². The van der Waals surface area contributed by atoms with Crippen molar-refractivity contribution < 1.29 is 4.79 Å². The van der Waals surface area contributed by atoms with Gasteiger partial charge in [-0.15, -0.1) is 0 Å². The minimum absolute atomic E-state index is 0.0133. The van der Waals surface area contributed by atoms with E-state index in [2.05, 4.69) is 9.97 Å². The Bertz CT molecular complexity index is 883. The van der Waals surface area contributed by atoms with Crippen LogP contribution in [0.4, 0.5) is 0 Å². The standard InChI is InChI=1S/C22H23N3O/c26-22(21-20-12-5-4-8-17(20)13-15-24-21)25(19-10-2-1-3-11-19)16-18-9-6-7-14-23-18/h4-9,12-15,19H,1-3,10-11,16H2. The second kappa shape index (κ2) is 7.65. The maximum Gasteiger partial charge on any atom is 0.273 e. The monoisotopic (exact) mass is 345 g/mol. The minimum Gasteiger partial charge on any atom is -0.328 e. The van der Waals surface area contributed by atoms with E-state index in [0.29, 0.717) is 12.2 Å². The summed E-state index contributed by atoms with van der Waals surface area (Å²) in [6.07, 6.45) is 9.25. The van der Waals surface area contributed by atoms with Crippen molar-refractivity contribution in [3.8, 4) is 0 Å².